The highest BCUT2D eigenvalue weighted by molar-refractivity contribution is 5.56. The fourth-order valence-corrected chi connectivity index (χ4v) is 2.35. The molecule has 126 valence electrons. The lowest BCUT2D eigenvalue weighted by Gasteiger charge is -2.10. The molecular weight excluding hydrogens is 286 g/mol. The molecule has 0 saturated heterocycles. The van der Waals surface area contributed by atoms with E-state index in [4.69, 9.17) is 9.47 Å². The van der Waals surface area contributed by atoms with E-state index in [2.05, 4.69) is 36.2 Å². The molecule has 3 heteroatoms. The van der Waals surface area contributed by atoms with Gasteiger partial charge >= 0.3 is 0 Å². The second-order valence-electron chi connectivity index (χ2n) is 4.65. The van der Waals surface area contributed by atoms with Gasteiger partial charge in [0.2, 0.25) is 6.79 Å². The van der Waals surface area contributed by atoms with Crippen LogP contribution in [0.3, 0.4) is 0 Å². The third-order valence-electron chi connectivity index (χ3n) is 3.40. The number of hydrogen-bond acceptors (Lipinski definition) is 3. The van der Waals surface area contributed by atoms with Crippen molar-refractivity contribution < 1.29 is 9.47 Å². The maximum atomic E-state index is 5.08. The number of para-hydroxylation sites is 3. The summed E-state index contributed by atoms with van der Waals surface area (Å²) in [6.07, 6.45) is 1.21. The van der Waals surface area contributed by atoms with Crippen molar-refractivity contribution in [2.75, 3.05) is 25.3 Å². The number of ether oxygens (including phenoxy) is 2. The molecule has 0 bridgehead atoms. The van der Waals surface area contributed by atoms with E-state index in [-0.39, 0.29) is 0 Å². The van der Waals surface area contributed by atoms with E-state index in [1.54, 1.807) is 0 Å². The summed E-state index contributed by atoms with van der Waals surface area (Å²) in [4.78, 5) is 2.30. The summed E-state index contributed by atoms with van der Waals surface area (Å²) in [5.74, 6) is 1.69. The van der Waals surface area contributed by atoms with Gasteiger partial charge in [-0.15, -0.1) is 0 Å². The zero-order chi connectivity index (χ0) is 17.1. The molecule has 0 fully saturated rings. The van der Waals surface area contributed by atoms with Gasteiger partial charge in [-0.25, -0.2) is 0 Å². The van der Waals surface area contributed by atoms with Crippen LogP contribution < -0.4 is 14.4 Å². The maximum Gasteiger partial charge on any atom is 0.231 e. The second kappa shape index (κ2) is 10.5. The predicted octanol–water partition coefficient (Wildman–Crippen LogP) is 5.15. The van der Waals surface area contributed by atoms with Gasteiger partial charge in [0.05, 0.1) is 0 Å². The van der Waals surface area contributed by atoms with Crippen LogP contribution in [0.25, 0.3) is 0 Å². The van der Waals surface area contributed by atoms with Crippen LogP contribution in [0, 0.1) is 0 Å². The fraction of sp³-hybridized carbons (Fsp3) is 0.400. The number of likely N-dealkylation sites (N-methyl/N-ethyl adjacent to an activating group) is 1. The van der Waals surface area contributed by atoms with Gasteiger partial charge in [-0.05, 0) is 30.2 Å². The van der Waals surface area contributed by atoms with Gasteiger partial charge in [-0.1, -0.05) is 58.0 Å². The molecule has 0 atom stereocenters. The monoisotopic (exact) mass is 315 g/mol. The van der Waals surface area contributed by atoms with E-state index in [1.807, 2.05) is 52.0 Å². The normalized spacial score (nSPS) is 12.7. The highest BCUT2D eigenvalue weighted by Crippen LogP contribution is 2.30. The number of hydrogen-bond donors (Lipinski definition) is 0. The molecule has 0 spiro atoms. The molecule has 0 aromatic heterocycles. The number of benzene rings is 2. The molecule has 0 aliphatic carbocycles. The molecule has 0 radical (unpaired) electrons. The third kappa shape index (κ3) is 5.20. The molecular formula is C20H29NO2. The van der Waals surface area contributed by atoms with E-state index < -0.39 is 0 Å². The SMILES string of the molecule is CC.CC.CN1CCc2ccccc21.c1ccc2c(c1)OCO2. The summed E-state index contributed by atoms with van der Waals surface area (Å²) < 4.78 is 10.2. The average Bonchev–Trinajstić information content (AvgIpc) is 3.26. The van der Waals surface area contributed by atoms with Crippen LogP contribution in [-0.4, -0.2) is 20.4 Å². The van der Waals surface area contributed by atoms with Gasteiger partial charge in [-0.2, -0.15) is 0 Å². The first-order valence-electron chi connectivity index (χ1n) is 8.48. The Bertz CT molecular complexity index is 546. The van der Waals surface area contributed by atoms with E-state index in [1.165, 1.54) is 24.2 Å². The molecule has 2 aromatic carbocycles. The van der Waals surface area contributed by atoms with Crippen molar-refractivity contribution in [3.05, 3.63) is 54.1 Å². The molecule has 0 N–H and O–H groups in total. The predicted molar refractivity (Wildman–Crippen MR) is 98.7 cm³/mol. The minimum absolute atomic E-state index is 0.360. The molecule has 2 aromatic rings. The van der Waals surface area contributed by atoms with E-state index in [9.17, 15) is 0 Å². The lowest BCUT2D eigenvalue weighted by atomic mass is 10.2. The van der Waals surface area contributed by atoms with Crippen LogP contribution in [0.1, 0.15) is 33.3 Å². The number of nitrogens with zero attached hydrogens (tertiary/aromatic N) is 1. The first kappa shape index (κ1) is 18.9. The average molecular weight is 315 g/mol. The minimum atomic E-state index is 0.360. The summed E-state index contributed by atoms with van der Waals surface area (Å²) in [5.41, 5.74) is 2.90. The number of anilines is 1. The number of fused-ring (bicyclic) bond motifs is 2. The van der Waals surface area contributed by atoms with Gasteiger partial charge in [0.1, 0.15) is 0 Å². The van der Waals surface area contributed by atoms with E-state index >= 15 is 0 Å². The summed E-state index contributed by atoms with van der Waals surface area (Å²) in [7, 11) is 2.14. The smallest absolute Gasteiger partial charge is 0.231 e. The zero-order valence-corrected chi connectivity index (χ0v) is 15.0. The van der Waals surface area contributed by atoms with Crippen molar-refractivity contribution in [3.63, 3.8) is 0 Å². The summed E-state index contributed by atoms with van der Waals surface area (Å²) in [6.45, 7) is 9.54. The van der Waals surface area contributed by atoms with Gasteiger partial charge in [0.25, 0.3) is 0 Å². The topological polar surface area (TPSA) is 21.7 Å². The maximum absolute atomic E-state index is 5.08. The van der Waals surface area contributed by atoms with Gasteiger partial charge in [-0.3, -0.25) is 0 Å². The highest BCUT2D eigenvalue weighted by Gasteiger charge is 2.13. The first-order chi connectivity index (χ1) is 11.3. The Kier molecular flexibility index (Phi) is 8.66. The zero-order valence-electron chi connectivity index (χ0n) is 15.0. The Morgan fingerprint density at radius 1 is 0.783 bits per heavy atom. The third-order valence-corrected chi connectivity index (χ3v) is 3.40. The highest BCUT2D eigenvalue weighted by atomic mass is 16.7. The summed E-state index contributed by atoms with van der Waals surface area (Å²) >= 11 is 0. The molecule has 2 aliphatic rings. The van der Waals surface area contributed by atoms with Crippen LogP contribution in [-0.2, 0) is 6.42 Å². The summed E-state index contributed by atoms with van der Waals surface area (Å²) in [6, 6.07) is 16.2. The Hall–Kier alpha value is -2.16. The number of rotatable bonds is 0. The molecule has 0 amide bonds. The van der Waals surface area contributed by atoms with Crippen molar-refractivity contribution >= 4 is 5.69 Å². The van der Waals surface area contributed by atoms with Crippen molar-refractivity contribution in [3.8, 4) is 11.5 Å². The quantitative estimate of drug-likeness (QED) is 0.671. The molecule has 2 aliphatic heterocycles. The first-order valence-corrected chi connectivity index (χ1v) is 8.48. The Balaban J connectivity index is 0.000000190. The van der Waals surface area contributed by atoms with Crippen LogP contribution in [0.2, 0.25) is 0 Å². The lowest BCUT2D eigenvalue weighted by molar-refractivity contribution is 0.174. The lowest BCUT2D eigenvalue weighted by Crippen LogP contribution is -2.12. The summed E-state index contributed by atoms with van der Waals surface area (Å²) in [5, 5.41) is 0. The Morgan fingerprint density at radius 2 is 1.30 bits per heavy atom. The fourth-order valence-electron chi connectivity index (χ4n) is 2.35. The van der Waals surface area contributed by atoms with E-state index in [0.717, 1.165) is 11.5 Å². The Labute approximate surface area is 140 Å². The molecule has 4 rings (SSSR count). The molecule has 23 heavy (non-hydrogen) atoms. The van der Waals surface area contributed by atoms with E-state index in [0.29, 0.717) is 6.79 Å². The van der Waals surface area contributed by atoms with Crippen molar-refractivity contribution in [2.45, 2.75) is 34.1 Å². The Morgan fingerprint density at radius 3 is 1.87 bits per heavy atom. The minimum Gasteiger partial charge on any atom is -0.454 e. The second-order valence-corrected chi connectivity index (χ2v) is 4.65. The van der Waals surface area contributed by atoms with Crippen LogP contribution in [0.5, 0.6) is 11.5 Å². The van der Waals surface area contributed by atoms with Gasteiger partial charge < -0.3 is 14.4 Å². The van der Waals surface area contributed by atoms with Crippen LogP contribution in [0.15, 0.2) is 48.5 Å². The largest absolute Gasteiger partial charge is 0.454 e. The van der Waals surface area contributed by atoms with Gasteiger partial charge in [0.15, 0.2) is 11.5 Å². The molecule has 0 saturated carbocycles. The standard InChI is InChI=1S/C9H11N.C7H6O2.2C2H6/c1-10-7-6-8-4-2-3-5-9(8)10;1-2-4-7-6(3-1)8-5-9-7;2*1-2/h2-5H,6-7H2,1H3;1-4H,5H2;2*1-2H3. The molecule has 0 unspecified atom stereocenters. The van der Waals surface area contributed by atoms with Gasteiger partial charge in [0, 0.05) is 19.3 Å². The van der Waals surface area contributed by atoms with Crippen LogP contribution in [0.4, 0.5) is 5.69 Å². The van der Waals surface area contributed by atoms with Crippen molar-refractivity contribution in [1.29, 1.82) is 0 Å². The molecule has 2 heterocycles. The van der Waals surface area contributed by atoms with Crippen molar-refractivity contribution in [2.24, 2.45) is 0 Å². The van der Waals surface area contributed by atoms with Crippen molar-refractivity contribution in [1.82, 2.24) is 0 Å². The van der Waals surface area contributed by atoms with Crippen LogP contribution >= 0.6 is 0 Å². The molecule has 3 nitrogen and oxygen atoms in total.